The first-order valence-corrected chi connectivity index (χ1v) is 4.63. The van der Waals surface area contributed by atoms with Crippen LogP contribution in [0.5, 0.6) is 0 Å². The summed E-state index contributed by atoms with van der Waals surface area (Å²) >= 11 is 0. The van der Waals surface area contributed by atoms with E-state index in [9.17, 15) is 4.79 Å². The molecule has 5 heteroatoms. The van der Waals surface area contributed by atoms with Gasteiger partial charge in [0.1, 0.15) is 5.76 Å². The molecule has 0 amide bonds. The van der Waals surface area contributed by atoms with Crippen molar-refractivity contribution >= 4 is 12.0 Å². The number of oxazole rings is 1. The molecule has 0 aliphatic heterocycles. The summed E-state index contributed by atoms with van der Waals surface area (Å²) in [5.41, 5.74) is 6.17. The van der Waals surface area contributed by atoms with Crippen molar-refractivity contribution < 1.29 is 14.3 Å². The Hall–Kier alpha value is -1.52. The Morgan fingerprint density at radius 3 is 3.21 bits per heavy atom. The van der Waals surface area contributed by atoms with E-state index in [1.54, 1.807) is 0 Å². The molecule has 0 spiro atoms. The summed E-state index contributed by atoms with van der Waals surface area (Å²) in [7, 11) is 0. The number of aryl methyl sites for hydroxylation is 1. The Bertz CT molecular complexity index is 359. The highest BCUT2D eigenvalue weighted by Crippen LogP contribution is 2.34. The number of hydrogen-bond donors (Lipinski definition) is 2. The van der Waals surface area contributed by atoms with Gasteiger partial charge in [0, 0.05) is 12.3 Å². The monoisotopic (exact) mass is 196 g/mol. The van der Waals surface area contributed by atoms with E-state index in [4.69, 9.17) is 15.3 Å². The number of nitrogens with zero attached hydrogens (tertiary/aromatic N) is 1. The summed E-state index contributed by atoms with van der Waals surface area (Å²) in [5.74, 6) is -0.0679. The summed E-state index contributed by atoms with van der Waals surface area (Å²) in [6.07, 6.45) is 2.72. The molecule has 0 saturated heterocycles. The number of hydrogen-bond acceptors (Lipinski definition) is 4. The van der Waals surface area contributed by atoms with E-state index in [0.29, 0.717) is 0 Å². The van der Waals surface area contributed by atoms with Gasteiger partial charge in [-0.2, -0.15) is 4.98 Å². The number of anilines is 1. The van der Waals surface area contributed by atoms with Gasteiger partial charge in [0.05, 0.1) is 12.1 Å². The maximum Gasteiger partial charge on any atom is 0.304 e. The number of carboxylic acid groups (broad SMARTS) is 1. The van der Waals surface area contributed by atoms with E-state index in [-0.39, 0.29) is 18.4 Å². The second kappa shape index (κ2) is 3.32. The molecule has 1 aromatic heterocycles. The standard InChI is InChI=1S/C9H12N2O3/c10-9-11-8-5(4-7(12)13)2-1-3-6(8)14-9/h5H,1-4H2,(H2,10,11)(H,12,13). The second-order valence-corrected chi connectivity index (χ2v) is 3.55. The number of rotatable bonds is 2. The molecule has 0 fully saturated rings. The summed E-state index contributed by atoms with van der Waals surface area (Å²) in [6.45, 7) is 0. The van der Waals surface area contributed by atoms with Crippen LogP contribution >= 0.6 is 0 Å². The predicted octanol–water partition coefficient (Wildman–Crippen LogP) is 1.15. The number of carbonyl (C=O) groups is 1. The van der Waals surface area contributed by atoms with Gasteiger partial charge in [-0.3, -0.25) is 4.79 Å². The lowest BCUT2D eigenvalue weighted by Crippen LogP contribution is -2.12. The fourth-order valence-corrected chi connectivity index (χ4v) is 1.94. The van der Waals surface area contributed by atoms with Gasteiger partial charge in [-0.15, -0.1) is 0 Å². The predicted molar refractivity (Wildman–Crippen MR) is 48.8 cm³/mol. The zero-order valence-corrected chi connectivity index (χ0v) is 7.69. The van der Waals surface area contributed by atoms with E-state index in [2.05, 4.69) is 4.98 Å². The first kappa shape index (κ1) is 9.05. The largest absolute Gasteiger partial charge is 0.481 e. The Kier molecular flexibility index (Phi) is 2.15. The quantitative estimate of drug-likeness (QED) is 0.740. The van der Waals surface area contributed by atoms with Gasteiger partial charge in [0.2, 0.25) is 0 Å². The van der Waals surface area contributed by atoms with Crippen molar-refractivity contribution in [2.45, 2.75) is 31.6 Å². The van der Waals surface area contributed by atoms with Crippen LogP contribution in [0.15, 0.2) is 4.42 Å². The zero-order chi connectivity index (χ0) is 10.1. The number of carboxylic acids is 1. The van der Waals surface area contributed by atoms with Crippen LogP contribution in [0.1, 0.15) is 36.6 Å². The van der Waals surface area contributed by atoms with Crippen molar-refractivity contribution in [3.63, 3.8) is 0 Å². The fraction of sp³-hybridized carbons (Fsp3) is 0.556. The molecule has 76 valence electrons. The molecule has 14 heavy (non-hydrogen) atoms. The molecule has 1 atom stereocenters. The van der Waals surface area contributed by atoms with Gasteiger partial charge in [0.25, 0.3) is 6.01 Å². The second-order valence-electron chi connectivity index (χ2n) is 3.55. The topological polar surface area (TPSA) is 89.4 Å². The maximum atomic E-state index is 10.6. The molecule has 0 saturated carbocycles. The third-order valence-electron chi connectivity index (χ3n) is 2.51. The van der Waals surface area contributed by atoms with Gasteiger partial charge in [-0.05, 0) is 12.8 Å². The number of fused-ring (bicyclic) bond motifs is 1. The summed E-state index contributed by atoms with van der Waals surface area (Å²) in [4.78, 5) is 14.6. The van der Waals surface area contributed by atoms with Gasteiger partial charge < -0.3 is 15.3 Å². The smallest absolute Gasteiger partial charge is 0.304 e. The van der Waals surface area contributed by atoms with Gasteiger partial charge in [0.15, 0.2) is 0 Å². The number of aromatic nitrogens is 1. The zero-order valence-electron chi connectivity index (χ0n) is 7.69. The van der Waals surface area contributed by atoms with Gasteiger partial charge >= 0.3 is 5.97 Å². The molecule has 5 nitrogen and oxygen atoms in total. The van der Waals surface area contributed by atoms with Crippen LogP contribution in [0, 0.1) is 0 Å². The summed E-state index contributed by atoms with van der Waals surface area (Å²) in [6, 6.07) is 0.146. The van der Waals surface area contributed by atoms with Crippen LogP contribution in [0.4, 0.5) is 6.01 Å². The van der Waals surface area contributed by atoms with Crippen LogP contribution in [-0.4, -0.2) is 16.1 Å². The molecular formula is C9H12N2O3. The van der Waals surface area contributed by atoms with Crippen molar-refractivity contribution in [3.05, 3.63) is 11.5 Å². The third-order valence-corrected chi connectivity index (χ3v) is 2.51. The van der Waals surface area contributed by atoms with Crippen molar-refractivity contribution in [3.8, 4) is 0 Å². The van der Waals surface area contributed by atoms with Crippen molar-refractivity contribution in [2.24, 2.45) is 0 Å². The van der Waals surface area contributed by atoms with E-state index < -0.39 is 5.97 Å². The number of nitrogens with two attached hydrogens (primary N) is 1. The maximum absolute atomic E-state index is 10.6. The average molecular weight is 196 g/mol. The minimum Gasteiger partial charge on any atom is -0.481 e. The van der Waals surface area contributed by atoms with Gasteiger partial charge in [-0.25, -0.2) is 0 Å². The Labute approximate surface area is 80.9 Å². The first-order valence-electron chi connectivity index (χ1n) is 4.63. The molecule has 1 aromatic rings. The van der Waals surface area contributed by atoms with E-state index in [1.807, 2.05) is 0 Å². The normalized spacial score (nSPS) is 20.4. The van der Waals surface area contributed by atoms with E-state index in [0.717, 1.165) is 30.7 Å². The molecule has 3 N–H and O–H groups in total. The van der Waals surface area contributed by atoms with Crippen LogP contribution in [-0.2, 0) is 11.2 Å². The summed E-state index contributed by atoms with van der Waals surface area (Å²) < 4.78 is 5.19. The minimum atomic E-state index is -0.801. The highest BCUT2D eigenvalue weighted by Gasteiger charge is 2.27. The molecule has 0 aromatic carbocycles. The average Bonchev–Trinajstić information content (AvgIpc) is 2.45. The molecule has 1 heterocycles. The molecule has 0 bridgehead atoms. The van der Waals surface area contributed by atoms with Crippen LogP contribution in [0.2, 0.25) is 0 Å². The highest BCUT2D eigenvalue weighted by atomic mass is 16.4. The van der Waals surface area contributed by atoms with Gasteiger partial charge in [-0.1, -0.05) is 0 Å². The van der Waals surface area contributed by atoms with E-state index in [1.165, 1.54) is 0 Å². The highest BCUT2D eigenvalue weighted by molar-refractivity contribution is 5.68. The number of nitrogen functional groups attached to an aromatic ring is 1. The fourth-order valence-electron chi connectivity index (χ4n) is 1.94. The molecule has 1 aliphatic rings. The molecule has 2 rings (SSSR count). The van der Waals surface area contributed by atoms with Crippen molar-refractivity contribution in [1.82, 2.24) is 4.98 Å². The molecule has 1 aliphatic carbocycles. The molecule has 0 radical (unpaired) electrons. The molecular weight excluding hydrogens is 184 g/mol. The number of aliphatic carboxylic acids is 1. The lowest BCUT2D eigenvalue weighted by atomic mass is 9.88. The van der Waals surface area contributed by atoms with Crippen molar-refractivity contribution in [1.29, 1.82) is 0 Å². The Morgan fingerprint density at radius 2 is 2.50 bits per heavy atom. The van der Waals surface area contributed by atoms with Crippen LogP contribution in [0.3, 0.4) is 0 Å². The minimum absolute atomic E-state index is 0.0303. The summed E-state index contributed by atoms with van der Waals surface area (Å²) in [5, 5.41) is 8.71. The molecule has 1 unspecified atom stereocenters. The SMILES string of the molecule is Nc1nc2c(o1)CCCC2CC(=O)O. The van der Waals surface area contributed by atoms with Crippen LogP contribution in [0.25, 0.3) is 0 Å². The lowest BCUT2D eigenvalue weighted by molar-refractivity contribution is -0.137. The Morgan fingerprint density at radius 1 is 1.71 bits per heavy atom. The Balaban J connectivity index is 2.25. The third kappa shape index (κ3) is 1.57. The van der Waals surface area contributed by atoms with Crippen molar-refractivity contribution in [2.75, 3.05) is 5.73 Å². The lowest BCUT2D eigenvalue weighted by Gasteiger charge is -2.17. The van der Waals surface area contributed by atoms with E-state index >= 15 is 0 Å². The van der Waals surface area contributed by atoms with Crippen LogP contribution < -0.4 is 5.73 Å². The first-order chi connectivity index (χ1) is 6.66.